The van der Waals surface area contributed by atoms with Gasteiger partial charge in [0, 0.05) is 55.2 Å². The number of carbonyl (C=O) groups is 1. The molecule has 4 nitrogen and oxygen atoms in total. The SMILES string of the molecule is O=C(c1ccc(-n2cccc2)cc1)N1CCC(n2cccc2)CC1. The number of hydrogen-bond donors (Lipinski definition) is 0. The molecule has 0 saturated carbocycles. The van der Waals surface area contributed by atoms with E-state index < -0.39 is 0 Å². The molecule has 3 aromatic rings. The Morgan fingerprint density at radius 1 is 0.833 bits per heavy atom. The Hall–Kier alpha value is -2.75. The lowest BCUT2D eigenvalue weighted by Gasteiger charge is -2.32. The Morgan fingerprint density at radius 3 is 2.04 bits per heavy atom. The number of benzene rings is 1. The highest BCUT2D eigenvalue weighted by Crippen LogP contribution is 2.23. The van der Waals surface area contributed by atoms with Gasteiger partial charge in [-0.05, 0) is 61.4 Å². The first kappa shape index (κ1) is 14.8. The third kappa shape index (κ3) is 2.87. The first-order valence-electron chi connectivity index (χ1n) is 8.46. The molecule has 2 aromatic heterocycles. The van der Waals surface area contributed by atoms with Crippen molar-refractivity contribution in [1.82, 2.24) is 14.0 Å². The zero-order valence-corrected chi connectivity index (χ0v) is 13.6. The largest absolute Gasteiger partial charge is 0.351 e. The van der Waals surface area contributed by atoms with E-state index in [4.69, 9.17) is 0 Å². The normalized spacial score (nSPS) is 15.6. The first-order valence-corrected chi connectivity index (χ1v) is 8.46. The smallest absolute Gasteiger partial charge is 0.253 e. The van der Waals surface area contributed by atoms with Gasteiger partial charge in [0.1, 0.15) is 0 Å². The van der Waals surface area contributed by atoms with Gasteiger partial charge in [-0.1, -0.05) is 0 Å². The highest BCUT2D eigenvalue weighted by Gasteiger charge is 2.24. The van der Waals surface area contributed by atoms with E-state index in [0.717, 1.165) is 37.2 Å². The summed E-state index contributed by atoms with van der Waals surface area (Å²) >= 11 is 0. The van der Waals surface area contributed by atoms with Crippen LogP contribution in [0.15, 0.2) is 73.3 Å². The summed E-state index contributed by atoms with van der Waals surface area (Å²) < 4.78 is 4.30. The molecule has 1 amide bonds. The summed E-state index contributed by atoms with van der Waals surface area (Å²) in [5.41, 5.74) is 1.84. The van der Waals surface area contributed by atoms with E-state index in [1.54, 1.807) is 0 Å². The first-order chi connectivity index (χ1) is 11.8. The third-order valence-electron chi connectivity index (χ3n) is 4.82. The molecule has 1 aromatic carbocycles. The van der Waals surface area contributed by atoms with Gasteiger partial charge in [-0.15, -0.1) is 0 Å². The van der Waals surface area contributed by atoms with Crippen LogP contribution >= 0.6 is 0 Å². The number of likely N-dealkylation sites (tertiary alicyclic amines) is 1. The minimum Gasteiger partial charge on any atom is -0.351 e. The molecule has 0 unspecified atom stereocenters. The van der Waals surface area contributed by atoms with Gasteiger partial charge in [0.25, 0.3) is 5.91 Å². The molecule has 0 spiro atoms. The van der Waals surface area contributed by atoms with Crippen LogP contribution in [-0.2, 0) is 0 Å². The maximum Gasteiger partial charge on any atom is 0.253 e. The van der Waals surface area contributed by atoms with E-state index in [2.05, 4.69) is 29.1 Å². The van der Waals surface area contributed by atoms with Crippen LogP contribution in [-0.4, -0.2) is 33.0 Å². The van der Waals surface area contributed by atoms with Crippen molar-refractivity contribution in [1.29, 1.82) is 0 Å². The number of aromatic nitrogens is 2. The number of carbonyl (C=O) groups excluding carboxylic acids is 1. The zero-order chi connectivity index (χ0) is 16.4. The fourth-order valence-electron chi connectivity index (χ4n) is 3.42. The van der Waals surface area contributed by atoms with E-state index in [-0.39, 0.29) is 5.91 Å². The fourth-order valence-corrected chi connectivity index (χ4v) is 3.42. The predicted molar refractivity (Wildman–Crippen MR) is 94.4 cm³/mol. The summed E-state index contributed by atoms with van der Waals surface area (Å²) in [6.07, 6.45) is 10.3. The van der Waals surface area contributed by atoms with Crippen molar-refractivity contribution in [2.75, 3.05) is 13.1 Å². The highest BCUT2D eigenvalue weighted by molar-refractivity contribution is 5.94. The molecule has 3 heterocycles. The Balaban J connectivity index is 1.41. The minimum absolute atomic E-state index is 0.139. The standard InChI is InChI=1S/C20H21N3O/c24-20(17-5-7-18(8-6-17)21-11-1-2-12-21)23-15-9-19(10-16-23)22-13-3-4-14-22/h1-8,11-14,19H,9-10,15-16H2. The van der Waals surface area contributed by atoms with Gasteiger partial charge >= 0.3 is 0 Å². The van der Waals surface area contributed by atoms with Crippen molar-refractivity contribution >= 4 is 5.91 Å². The molecule has 122 valence electrons. The zero-order valence-electron chi connectivity index (χ0n) is 13.6. The summed E-state index contributed by atoms with van der Waals surface area (Å²) in [5, 5.41) is 0. The van der Waals surface area contributed by atoms with Crippen LogP contribution in [0.5, 0.6) is 0 Å². The van der Waals surface area contributed by atoms with Crippen molar-refractivity contribution in [2.45, 2.75) is 18.9 Å². The lowest BCUT2D eigenvalue weighted by Crippen LogP contribution is -2.38. The van der Waals surface area contributed by atoms with Crippen LogP contribution in [0.1, 0.15) is 29.2 Å². The molecule has 24 heavy (non-hydrogen) atoms. The maximum atomic E-state index is 12.7. The van der Waals surface area contributed by atoms with Crippen LogP contribution in [0, 0.1) is 0 Å². The lowest BCUT2D eigenvalue weighted by atomic mass is 10.0. The van der Waals surface area contributed by atoms with Gasteiger partial charge in [0.15, 0.2) is 0 Å². The third-order valence-corrected chi connectivity index (χ3v) is 4.82. The van der Waals surface area contributed by atoms with Crippen molar-refractivity contribution in [3.05, 3.63) is 78.9 Å². The molecule has 0 bridgehead atoms. The molecule has 0 aliphatic carbocycles. The lowest BCUT2D eigenvalue weighted by molar-refractivity contribution is 0.0694. The molecule has 1 fully saturated rings. The van der Waals surface area contributed by atoms with E-state index in [1.165, 1.54) is 0 Å². The average Bonchev–Trinajstić information content (AvgIpc) is 3.35. The molecule has 0 N–H and O–H groups in total. The van der Waals surface area contributed by atoms with E-state index in [9.17, 15) is 4.79 Å². The number of hydrogen-bond acceptors (Lipinski definition) is 1. The monoisotopic (exact) mass is 319 g/mol. The summed E-state index contributed by atoms with van der Waals surface area (Å²) in [7, 11) is 0. The van der Waals surface area contributed by atoms with Crippen LogP contribution in [0.3, 0.4) is 0 Å². The highest BCUT2D eigenvalue weighted by atomic mass is 16.2. The molecular weight excluding hydrogens is 298 g/mol. The second-order valence-corrected chi connectivity index (χ2v) is 6.29. The quantitative estimate of drug-likeness (QED) is 0.723. The molecule has 4 heteroatoms. The molecule has 1 aliphatic heterocycles. The minimum atomic E-state index is 0.139. The fraction of sp³-hybridized carbons (Fsp3) is 0.250. The summed E-state index contributed by atoms with van der Waals surface area (Å²) in [4.78, 5) is 14.7. The molecule has 1 aliphatic rings. The van der Waals surface area contributed by atoms with E-state index in [0.29, 0.717) is 6.04 Å². The van der Waals surface area contributed by atoms with Crippen molar-refractivity contribution in [2.24, 2.45) is 0 Å². The molecule has 0 radical (unpaired) electrons. The Morgan fingerprint density at radius 2 is 1.42 bits per heavy atom. The Labute approximate surface area is 141 Å². The second kappa shape index (κ2) is 6.40. The average molecular weight is 319 g/mol. The van der Waals surface area contributed by atoms with Gasteiger partial charge in [-0.25, -0.2) is 0 Å². The number of rotatable bonds is 3. The predicted octanol–water partition coefficient (Wildman–Crippen LogP) is 3.76. The summed E-state index contributed by atoms with van der Waals surface area (Å²) in [6.45, 7) is 1.64. The molecule has 1 saturated heterocycles. The molecule has 4 rings (SSSR count). The van der Waals surface area contributed by atoms with E-state index >= 15 is 0 Å². The van der Waals surface area contributed by atoms with Gasteiger partial charge in [0.2, 0.25) is 0 Å². The number of nitrogens with zero attached hydrogens (tertiary/aromatic N) is 3. The number of piperidine rings is 1. The maximum absolute atomic E-state index is 12.7. The summed E-state index contributed by atoms with van der Waals surface area (Å²) in [5.74, 6) is 0.139. The topological polar surface area (TPSA) is 30.2 Å². The van der Waals surface area contributed by atoms with Gasteiger partial charge < -0.3 is 14.0 Å². The molecular formula is C20H21N3O. The summed E-state index contributed by atoms with van der Waals surface area (Å²) in [6, 6.07) is 16.5. The molecule has 0 atom stereocenters. The van der Waals surface area contributed by atoms with Crippen LogP contribution in [0.4, 0.5) is 0 Å². The second-order valence-electron chi connectivity index (χ2n) is 6.29. The van der Waals surface area contributed by atoms with Crippen molar-refractivity contribution in [3.63, 3.8) is 0 Å². The number of amides is 1. The van der Waals surface area contributed by atoms with Crippen molar-refractivity contribution < 1.29 is 4.79 Å². The van der Waals surface area contributed by atoms with Crippen molar-refractivity contribution in [3.8, 4) is 5.69 Å². The Bertz CT molecular complexity index is 780. The Kier molecular flexibility index (Phi) is 3.95. The van der Waals surface area contributed by atoms with Gasteiger partial charge in [0.05, 0.1) is 0 Å². The van der Waals surface area contributed by atoms with Crippen LogP contribution < -0.4 is 0 Å². The van der Waals surface area contributed by atoms with Crippen LogP contribution in [0.25, 0.3) is 5.69 Å². The van der Waals surface area contributed by atoms with Gasteiger partial charge in [-0.2, -0.15) is 0 Å². The van der Waals surface area contributed by atoms with Gasteiger partial charge in [-0.3, -0.25) is 4.79 Å². The van der Waals surface area contributed by atoms with Crippen LogP contribution in [0.2, 0.25) is 0 Å². The van der Waals surface area contributed by atoms with E-state index in [1.807, 2.05) is 58.3 Å².